The summed E-state index contributed by atoms with van der Waals surface area (Å²) in [4.78, 5) is 24.5. The first-order chi connectivity index (χ1) is 35.5. The fraction of sp³-hybridized carbons (Fsp3) is 0.909. The van der Waals surface area contributed by atoms with Crippen LogP contribution >= 0.6 is 0 Å². The van der Waals surface area contributed by atoms with E-state index in [4.69, 9.17) is 4.74 Å². The maximum Gasteiger partial charge on any atom is 0.305 e. The van der Waals surface area contributed by atoms with Gasteiger partial charge in [0.1, 0.15) is 0 Å². The monoisotopic (exact) mass is 1010 g/mol. The van der Waals surface area contributed by atoms with Crippen molar-refractivity contribution in [2.75, 3.05) is 13.2 Å². The number of carbonyl (C=O) groups excluding carboxylic acids is 2. The molecule has 0 rings (SSSR count). The van der Waals surface area contributed by atoms with Crippen LogP contribution in [0, 0.1) is 0 Å². The molecular formula is C66H127NO5. The molecule has 0 aromatic carbocycles. The number of aliphatic hydroxyl groups is 2. The first-order valence-electron chi connectivity index (χ1n) is 32.6. The quantitative estimate of drug-likeness (QED) is 0.0320. The SMILES string of the molecule is CCCCCCCCCCCCCCCC(=O)OCCCCCCCCCCC/C=C\C/C=C\CCCCCCCCCCCCCCCCCCCC(=O)NC(CO)C(O)CCCCCCCCCCC. The van der Waals surface area contributed by atoms with Gasteiger partial charge in [-0.15, -0.1) is 0 Å². The summed E-state index contributed by atoms with van der Waals surface area (Å²) in [6.45, 7) is 4.95. The van der Waals surface area contributed by atoms with Crippen LogP contribution in [-0.4, -0.2) is 47.4 Å². The average molecular weight is 1010 g/mol. The van der Waals surface area contributed by atoms with Crippen molar-refractivity contribution >= 4 is 11.9 Å². The highest BCUT2D eigenvalue weighted by molar-refractivity contribution is 5.76. The number of carbonyl (C=O) groups is 2. The van der Waals surface area contributed by atoms with Crippen molar-refractivity contribution in [1.29, 1.82) is 0 Å². The summed E-state index contributed by atoms with van der Waals surface area (Å²) in [6, 6.07) is -0.537. The molecule has 0 saturated heterocycles. The van der Waals surface area contributed by atoms with E-state index in [0.29, 0.717) is 25.9 Å². The van der Waals surface area contributed by atoms with E-state index in [1.807, 2.05) is 0 Å². The van der Waals surface area contributed by atoms with Gasteiger partial charge < -0.3 is 20.3 Å². The summed E-state index contributed by atoms with van der Waals surface area (Å²) < 4.78 is 5.48. The van der Waals surface area contributed by atoms with E-state index in [9.17, 15) is 19.8 Å². The Morgan fingerprint density at radius 1 is 0.389 bits per heavy atom. The number of nitrogens with one attached hydrogen (secondary N) is 1. The van der Waals surface area contributed by atoms with E-state index >= 15 is 0 Å². The number of hydrogen-bond donors (Lipinski definition) is 3. The fourth-order valence-corrected chi connectivity index (χ4v) is 10.3. The van der Waals surface area contributed by atoms with Gasteiger partial charge in [-0.2, -0.15) is 0 Å². The largest absolute Gasteiger partial charge is 0.466 e. The number of amides is 1. The molecule has 0 saturated carbocycles. The Hall–Kier alpha value is -1.66. The fourth-order valence-electron chi connectivity index (χ4n) is 10.3. The maximum atomic E-state index is 12.4. The number of aliphatic hydroxyl groups excluding tert-OH is 2. The molecule has 0 heterocycles. The highest BCUT2D eigenvalue weighted by Gasteiger charge is 2.20. The molecule has 3 N–H and O–H groups in total. The van der Waals surface area contributed by atoms with Gasteiger partial charge in [-0.3, -0.25) is 9.59 Å². The first kappa shape index (κ1) is 70.3. The van der Waals surface area contributed by atoms with Gasteiger partial charge in [-0.05, 0) is 57.8 Å². The Balaban J connectivity index is 3.34. The minimum Gasteiger partial charge on any atom is -0.466 e. The van der Waals surface area contributed by atoms with Gasteiger partial charge in [0.2, 0.25) is 5.91 Å². The van der Waals surface area contributed by atoms with E-state index in [1.54, 1.807) is 0 Å². The highest BCUT2D eigenvalue weighted by Crippen LogP contribution is 2.18. The summed E-state index contributed by atoms with van der Waals surface area (Å²) in [6.07, 6.45) is 76.5. The number of ether oxygens (including phenoxy) is 1. The molecule has 0 bridgehead atoms. The van der Waals surface area contributed by atoms with Crippen molar-refractivity contribution in [2.24, 2.45) is 0 Å². The van der Waals surface area contributed by atoms with Crippen LogP contribution in [0.3, 0.4) is 0 Å². The van der Waals surface area contributed by atoms with Gasteiger partial charge >= 0.3 is 5.97 Å². The third-order valence-electron chi connectivity index (χ3n) is 15.3. The Morgan fingerprint density at radius 2 is 0.694 bits per heavy atom. The zero-order valence-electron chi connectivity index (χ0n) is 48.7. The molecule has 2 atom stereocenters. The van der Waals surface area contributed by atoms with Crippen LogP contribution in [0.25, 0.3) is 0 Å². The third kappa shape index (κ3) is 57.6. The lowest BCUT2D eigenvalue weighted by molar-refractivity contribution is -0.143. The van der Waals surface area contributed by atoms with Gasteiger partial charge in [0.15, 0.2) is 0 Å². The summed E-state index contributed by atoms with van der Waals surface area (Å²) in [7, 11) is 0. The molecule has 0 fully saturated rings. The summed E-state index contributed by atoms with van der Waals surface area (Å²) in [5, 5.41) is 23.1. The Morgan fingerprint density at radius 3 is 1.06 bits per heavy atom. The minimum absolute atomic E-state index is 0.0160. The van der Waals surface area contributed by atoms with Crippen LogP contribution < -0.4 is 5.32 Å². The lowest BCUT2D eigenvalue weighted by Gasteiger charge is -2.22. The molecule has 0 aliphatic heterocycles. The van der Waals surface area contributed by atoms with E-state index in [2.05, 4.69) is 43.5 Å². The summed E-state index contributed by atoms with van der Waals surface area (Å²) in [5.74, 6) is -0.0182. The zero-order chi connectivity index (χ0) is 52.2. The van der Waals surface area contributed by atoms with Crippen LogP contribution in [0.1, 0.15) is 361 Å². The third-order valence-corrected chi connectivity index (χ3v) is 15.3. The minimum atomic E-state index is -0.660. The Bertz CT molecular complexity index is 1120. The molecule has 0 aromatic rings. The van der Waals surface area contributed by atoms with Crippen LogP contribution in [0.4, 0.5) is 0 Å². The van der Waals surface area contributed by atoms with Crippen molar-refractivity contribution in [2.45, 2.75) is 373 Å². The second kappa shape index (κ2) is 61.9. The van der Waals surface area contributed by atoms with Gasteiger partial charge in [-0.1, -0.05) is 314 Å². The molecule has 0 aromatic heterocycles. The van der Waals surface area contributed by atoms with Gasteiger partial charge in [0, 0.05) is 12.8 Å². The lowest BCUT2D eigenvalue weighted by atomic mass is 10.0. The lowest BCUT2D eigenvalue weighted by Crippen LogP contribution is -2.45. The van der Waals surface area contributed by atoms with Gasteiger partial charge in [-0.25, -0.2) is 0 Å². The molecule has 0 aliphatic rings. The van der Waals surface area contributed by atoms with E-state index in [-0.39, 0.29) is 18.5 Å². The van der Waals surface area contributed by atoms with Gasteiger partial charge in [0.25, 0.3) is 0 Å². The molecule has 426 valence electrons. The molecule has 6 nitrogen and oxygen atoms in total. The van der Waals surface area contributed by atoms with Crippen molar-refractivity contribution in [3.05, 3.63) is 24.3 Å². The molecule has 6 heteroatoms. The molecule has 2 unspecified atom stereocenters. The van der Waals surface area contributed by atoms with Crippen LogP contribution in [0.5, 0.6) is 0 Å². The standard InChI is InChI=1S/C66H127NO5/c1-3-5-7-9-11-13-14-36-40-44-48-52-56-60-66(71)72-61-57-53-49-45-41-38-35-33-31-29-27-25-23-21-19-17-15-16-18-20-22-24-26-28-30-32-34-37-39-43-47-51-55-59-65(70)67-63(62-68)64(69)58-54-50-46-42-12-10-8-6-4-2/h19,21,25,27,63-64,68-69H,3-18,20,22-24,26,28-62H2,1-2H3,(H,67,70)/b21-19-,27-25-. The topological polar surface area (TPSA) is 95.9 Å². The van der Waals surface area contributed by atoms with Crippen molar-refractivity contribution in [1.82, 2.24) is 5.32 Å². The predicted molar refractivity (Wildman–Crippen MR) is 315 cm³/mol. The molecule has 72 heavy (non-hydrogen) atoms. The molecule has 0 radical (unpaired) electrons. The van der Waals surface area contributed by atoms with Crippen molar-refractivity contribution in [3.63, 3.8) is 0 Å². The number of allylic oxidation sites excluding steroid dienone is 4. The second-order valence-corrected chi connectivity index (χ2v) is 22.5. The van der Waals surface area contributed by atoms with E-state index in [1.165, 1.54) is 283 Å². The predicted octanol–water partition coefficient (Wildman–Crippen LogP) is 20.6. The van der Waals surface area contributed by atoms with Gasteiger partial charge in [0.05, 0.1) is 25.4 Å². The molecule has 0 aliphatic carbocycles. The number of esters is 1. The number of hydrogen-bond acceptors (Lipinski definition) is 5. The van der Waals surface area contributed by atoms with Crippen LogP contribution in [-0.2, 0) is 14.3 Å². The summed E-state index contributed by atoms with van der Waals surface area (Å²) >= 11 is 0. The van der Waals surface area contributed by atoms with Crippen molar-refractivity contribution < 1.29 is 24.5 Å². The number of rotatable bonds is 61. The molecule has 0 spiro atoms. The normalized spacial score (nSPS) is 12.7. The second-order valence-electron chi connectivity index (χ2n) is 22.5. The van der Waals surface area contributed by atoms with Crippen LogP contribution in [0.2, 0.25) is 0 Å². The average Bonchev–Trinajstić information content (AvgIpc) is 3.38. The number of unbranched alkanes of at least 4 members (excludes halogenated alkanes) is 46. The maximum absolute atomic E-state index is 12.4. The summed E-state index contributed by atoms with van der Waals surface area (Å²) in [5.41, 5.74) is 0. The zero-order valence-corrected chi connectivity index (χ0v) is 48.7. The molecular weight excluding hydrogens is 887 g/mol. The highest BCUT2D eigenvalue weighted by atomic mass is 16.5. The van der Waals surface area contributed by atoms with Crippen LogP contribution in [0.15, 0.2) is 24.3 Å². The molecule has 1 amide bonds. The van der Waals surface area contributed by atoms with E-state index < -0.39 is 12.1 Å². The van der Waals surface area contributed by atoms with Crippen molar-refractivity contribution in [3.8, 4) is 0 Å². The first-order valence-corrected chi connectivity index (χ1v) is 32.6. The Labute approximate surface area is 450 Å². The van der Waals surface area contributed by atoms with E-state index in [0.717, 1.165) is 44.9 Å². The smallest absolute Gasteiger partial charge is 0.305 e. The Kier molecular flexibility index (Phi) is 60.5.